The summed E-state index contributed by atoms with van der Waals surface area (Å²) >= 11 is 1.35. The quantitative estimate of drug-likeness (QED) is 0.566. The molecule has 136 valence electrons. The Hall–Kier alpha value is -3.53. The summed E-state index contributed by atoms with van der Waals surface area (Å²) in [5.74, 6) is 1.12. The first-order valence-corrected chi connectivity index (χ1v) is 8.74. The minimum atomic E-state index is -0.350. The number of nitrogens with zero attached hydrogens (tertiary/aromatic N) is 5. The van der Waals surface area contributed by atoms with Crippen LogP contribution in [0, 0.1) is 6.92 Å². The van der Waals surface area contributed by atoms with Gasteiger partial charge in [-0.1, -0.05) is 0 Å². The van der Waals surface area contributed by atoms with Gasteiger partial charge in [-0.2, -0.15) is 0 Å². The molecule has 0 unspecified atom stereocenters. The second-order valence-corrected chi connectivity index (χ2v) is 6.42. The molecule has 0 fully saturated rings. The molecule has 0 aliphatic heterocycles. The predicted molar refractivity (Wildman–Crippen MR) is 98.7 cm³/mol. The fourth-order valence-corrected chi connectivity index (χ4v) is 3.10. The molecule has 0 saturated heterocycles. The summed E-state index contributed by atoms with van der Waals surface area (Å²) in [5, 5.41) is 13.0. The van der Waals surface area contributed by atoms with Crippen LogP contribution >= 0.6 is 11.3 Å². The Balaban J connectivity index is 1.67. The van der Waals surface area contributed by atoms with E-state index in [9.17, 15) is 4.79 Å². The van der Waals surface area contributed by atoms with Gasteiger partial charge < -0.3 is 9.47 Å². The van der Waals surface area contributed by atoms with E-state index in [-0.39, 0.29) is 5.91 Å². The van der Waals surface area contributed by atoms with Crippen molar-refractivity contribution >= 4 is 28.0 Å². The van der Waals surface area contributed by atoms with E-state index < -0.39 is 0 Å². The van der Waals surface area contributed by atoms with Gasteiger partial charge in [0.1, 0.15) is 23.6 Å². The standard InChI is InChI=1S/C17H14N6O3S/c1-10-8-27-17(20-10)21-16(24)14-4-13(7-23-9-19-22-15(14)23)26-12-3-11(25-2)5-18-6-12/h3-9H,1-2H3,(H,20,21,24). The molecule has 4 aromatic rings. The molecule has 0 atom stereocenters. The fourth-order valence-electron chi connectivity index (χ4n) is 2.41. The molecule has 1 amide bonds. The summed E-state index contributed by atoms with van der Waals surface area (Å²) in [7, 11) is 1.55. The van der Waals surface area contributed by atoms with Crippen molar-refractivity contribution in [1.82, 2.24) is 24.6 Å². The van der Waals surface area contributed by atoms with Gasteiger partial charge in [-0.05, 0) is 13.0 Å². The van der Waals surface area contributed by atoms with Gasteiger partial charge in [0.15, 0.2) is 10.8 Å². The minimum Gasteiger partial charge on any atom is -0.495 e. The number of thiazole rings is 1. The molecule has 10 heteroatoms. The number of methoxy groups -OCH3 is 1. The molecule has 0 radical (unpaired) electrons. The zero-order chi connectivity index (χ0) is 18.8. The highest BCUT2D eigenvalue weighted by Crippen LogP contribution is 2.26. The van der Waals surface area contributed by atoms with Crippen molar-refractivity contribution in [2.45, 2.75) is 6.92 Å². The lowest BCUT2D eigenvalue weighted by Gasteiger charge is -2.09. The van der Waals surface area contributed by atoms with Crippen molar-refractivity contribution in [2.24, 2.45) is 0 Å². The third-order valence-electron chi connectivity index (χ3n) is 3.61. The molecule has 0 aromatic carbocycles. The van der Waals surface area contributed by atoms with Gasteiger partial charge in [0, 0.05) is 11.4 Å². The number of carbonyl (C=O) groups is 1. The van der Waals surface area contributed by atoms with E-state index in [1.54, 1.807) is 42.2 Å². The van der Waals surface area contributed by atoms with E-state index in [1.165, 1.54) is 17.7 Å². The zero-order valence-electron chi connectivity index (χ0n) is 14.4. The molecule has 9 nitrogen and oxygen atoms in total. The normalized spacial score (nSPS) is 10.7. The van der Waals surface area contributed by atoms with E-state index in [2.05, 4.69) is 25.5 Å². The molecule has 1 N–H and O–H groups in total. The second kappa shape index (κ2) is 7.00. The third-order valence-corrected chi connectivity index (χ3v) is 4.49. The number of amides is 1. The summed E-state index contributed by atoms with van der Waals surface area (Å²) in [4.78, 5) is 21.0. The van der Waals surface area contributed by atoms with Crippen molar-refractivity contribution in [3.8, 4) is 17.2 Å². The average Bonchev–Trinajstić information content (AvgIpc) is 3.29. The van der Waals surface area contributed by atoms with E-state index in [4.69, 9.17) is 9.47 Å². The molecular formula is C17H14N6O3S. The van der Waals surface area contributed by atoms with Crippen LogP contribution in [0.1, 0.15) is 16.1 Å². The smallest absolute Gasteiger partial charge is 0.261 e. The molecule has 27 heavy (non-hydrogen) atoms. The molecule has 0 aliphatic rings. The van der Waals surface area contributed by atoms with Gasteiger partial charge >= 0.3 is 0 Å². The number of pyridine rings is 2. The van der Waals surface area contributed by atoms with Gasteiger partial charge in [0.05, 0.1) is 37.0 Å². The van der Waals surface area contributed by atoms with Crippen LogP contribution in [-0.2, 0) is 0 Å². The highest BCUT2D eigenvalue weighted by Gasteiger charge is 2.17. The summed E-state index contributed by atoms with van der Waals surface area (Å²) in [6.45, 7) is 1.86. The molecule has 0 aliphatic carbocycles. The Morgan fingerprint density at radius 3 is 2.85 bits per heavy atom. The van der Waals surface area contributed by atoms with Crippen LogP contribution in [0.25, 0.3) is 5.65 Å². The van der Waals surface area contributed by atoms with E-state index in [0.717, 1.165) is 5.69 Å². The predicted octanol–water partition coefficient (Wildman–Crippen LogP) is 2.94. The lowest BCUT2D eigenvalue weighted by molar-refractivity contribution is 0.102. The van der Waals surface area contributed by atoms with Crippen molar-refractivity contribution < 1.29 is 14.3 Å². The lowest BCUT2D eigenvalue weighted by Crippen LogP contribution is -2.13. The summed E-state index contributed by atoms with van der Waals surface area (Å²) in [6, 6.07) is 3.29. The lowest BCUT2D eigenvalue weighted by atomic mass is 10.2. The van der Waals surface area contributed by atoms with Crippen LogP contribution in [0.3, 0.4) is 0 Å². The molecule has 0 saturated carbocycles. The Labute approximate surface area is 157 Å². The summed E-state index contributed by atoms with van der Waals surface area (Å²) in [6.07, 6.45) is 6.30. The van der Waals surface area contributed by atoms with Crippen LogP contribution in [0.4, 0.5) is 5.13 Å². The monoisotopic (exact) mass is 382 g/mol. The number of aryl methyl sites for hydroxylation is 1. The van der Waals surface area contributed by atoms with Crippen molar-refractivity contribution in [3.63, 3.8) is 0 Å². The van der Waals surface area contributed by atoms with Gasteiger partial charge in [-0.3, -0.25) is 19.5 Å². The number of hydrogen-bond donors (Lipinski definition) is 1. The Kier molecular flexibility index (Phi) is 4.38. The second-order valence-electron chi connectivity index (χ2n) is 5.56. The fraction of sp³-hybridized carbons (Fsp3) is 0.118. The van der Waals surface area contributed by atoms with Gasteiger partial charge in [0.2, 0.25) is 0 Å². The first-order valence-electron chi connectivity index (χ1n) is 7.86. The third kappa shape index (κ3) is 3.55. The average molecular weight is 382 g/mol. The Bertz CT molecular complexity index is 1120. The number of rotatable bonds is 5. The van der Waals surface area contributed by atoms with Crippen LogP contribution in [0.15, 0.2) is 42.4 Å². The maximum atomic E-state index is 12.7. The van der Waals surface area contributed by atoms with Gasteiger partial charge in [-0.25, -0.2) is 4.98 Å². The maximum absolute atomic E-state index is 12.7. The highest BCUT2D eigenvalue weighted by molar-refractivity contribution is 7.13. The van der Waals surface area contributed by atoms with Crippen LogP contribution < -0.4 is 14.8 Å². The minimum absolute atomic E-state index is 0.314. The topological polar surface area (TPSA) is 104 Å². The van der Waals surface area contributed by atoms with E-state index in [1.807, 2.05) is 12.3 Å². The molecule has 4 aromatic heterocycles. The van der Waals surface area contributed by atoms with Crippen LogP contribution in [-0.4, -0.2) is 37.6 Å². The zero-order valence-corrected chi connectivity index (χ0v) is 15.2. The molecular weight excluding hydrogens is 368 g/mol. The first-order chi connectivity index (χ1) is 13.1. The summed E-state index contributed by atoms with van der Waals surface area (Å²) in [5.41, 5.74) is 1.57. The molecule has 0 spiro atoms. The molecule has 4 rings (SSSR count). The largest absolute Gasteiger partial charge is 0.495 e. The van der Waals surface area contributed by atoms with Crippen LogP contribution in [0.5, 0.6) is 17.2 Å². The van der Waals surface area contributed by atoms with Gasteiger partial charge in [0.25, 0.3) is 5.91 Å². The number of ether oxygens (including phenoxy) is 2. The van der Waals surface area contributed by atoms with E-state index >= 15 is 0 Å². The first kappa shape index (κ1) is 16.9. The number of nitrogens with one attached hydrogen (secondary N) is 1. The van der Waals surface area contributed by atoms with Crippen molar-refractivity contribution in [2.75, 3.05) is 12.4 Å². The Morgan fingerprint density at radius 1 is 1.22 bits per heavy atom. The highest BCUT2D eigenvalue weighted by atomic mass is 32.1. The van der Waals surface area contributed by atoms with Crippen molar-refractivity contribution in [3.05, 3.63) is 53.7 Å². The summed E-state index contributed by atoms with van der Waals surface area (Å²) < 4.78 is 12.6. The molecule has 0 bridgehead atoms. The number of anilines is 1. The van der Waals surface area contributed by atoms with Crippen LogP contribution in [0.2, 0.25) is 0 Å². The number of aromatic nitrogens is 5. The number of fused-ring (bicyclic) bond motifs is 1. The van der Waals surface area contributed by atoms with Crippen molar-refractivity contribution in [1.29, 1.82) is 0 Å². The van der Waals surface area contributed by atoms with E-state index in [0.29, 0.717) is 33.6 Å². The number of carbonyl (C=O) groups excluding carboxylic acids is 1. The maximum Gasteiger partial charge on any atom is 0.261 e. The van der Waals surface area contributed by atoms with Gasteiger partial charge in [-0.15, -0.1) is 21.5 Å². The Morgan fingerprint density at radius 2 is 2.07 bits per heavy atom. The SMILES string of the molecule is COc1cncc(Oc2cc(C(=O)Nc3nc(C)cs3)c3nncn3c2)c1. The number of hydrogen-bond acceptors (Lipinski definition) is 8. The molecule has 4 heterocycles.